The monoisotopic (exact) mass is 394 g/mol. The summed E-state index contributed by atoms with van der Waals surface area (Å²) in [6.45, 7) is 4.76. The normalized spacial score (nSPS) is 18.4. The van der Waals surface area contributed by atoms with Gasteiger partial charge in [0, 0.05) is 12.5 Å². The van der Waals surface area contributed by atoms with Gasteiger partial charge in [-0.3, -0.25) is 0 Å². The Bertz CT molecular complexity index is 829. The van der Waals surface area contributed by atoms with E-state index in [1.807, 2.05) is 13.8 Å². The number of halogens is 2. The van der Waals surface area contributed by atoms with E-state index in [-0.39, 0.29) is 15.1 Å². The molecule has 1 aliphatic rings. The van der Waals surface area contributed by atoms with Crippen molar-refractivity contribution < 1.29 is 8.42 Å². The zero-order chi connectivity index (χ0) is 16.8. The molecule has 1 atom stereocenters. The molecule has 6 nitrogen and oxygen atoms in total. The molecule has 0 unspecified atom stereocenters. The highest BCUT2D eigenvalue weighted by Crippen LogP contribution is 2.35. The second kappa shape index (κ2) is 6.33. The minimum atomic E-state index is -3.76. The van der Waals surface area contributed by atoms with E-state index < -0.39 is 16.1 Å². The summed E-state index contributed by atoms with van der Waals surface area (Å²) in [5.74, 6) is 1.57. The van der Waals surface area contributed by atoms with Crippen molar-refractivity contribution in [1.82, 2.24) is 19.5 Å². The molecule has 3 heterocycles. The zero-order valence-electron chi connectivity index (χ0n) is 12.6. The molecule has 2 aromatic rings. The average molecular weight is 395 g/mol. The molecular weight excluding hydrogens is 379 g/mol. The Morgan fingerprint density at radius 1 is 1.43 bits per heavy atom. The minimum absolute atomic E-state index is 0.00916. The van der Waals surface area contributed by atoms with Crippen molar-refractivity contribution in [3.63, 3.8) is 0 Å². The number of thiophene rings is 1. The Balaban J connectivity index is 1.91. The first-order valence-corrected chi connectivity index (χ1v) is 10.3. The fourth-order valence-corrected chi connectivity index (χ4v) is 5.86. The van der Waals surface area contributed by atoms with Crippen LogP contribution < -0.4 is 4.72 Å². The van der Waals surface area contributed by atoms with E-state index in [1.165, 1.54) is 6.07 Å². The van der Waals surface area contributed by atoms with E-state index in [0.29, 0.717) is 16.6 Å². The van der Waals surface area contributed by atoms with Gasteiger partial charge in [0.15, 0.2) is 5.82 Å². The molecule has 0 aliphatic carbocycles. The van der Waals surface area contributed by atoms with Crippen LogP contribution in [-0.2, 0) is 16.6 Å². The summed E-state index contributed by atoms with van der Waals surface area (Å²) < 4.78 is 30.1. The number of nitrogens with one attached hydrogen (secondary N) is 1. The van der Waals surface area contributed by atoms with E-state index in [4.69, 9.17) is 23.2 Å². The van der Waals surface area contributed by atoms with Crippen molar-refractivity contribution in [2.45, 2.75) is 50.1 Å². The molecule has 0 saturated heterocycles. The van der Waals surface area contributed by atoms with Gasteiger partial charge in [0.25, 0.3) is 0 Å². The van der Waals surface area contributed by atoms with Crippen LogP contribution >= 0.6 is 34.5 Å². The zero-order valence-corrected chi connectivity index (χ0v) is 15.7. The molecule has 0 aromatic carbocycles. The van der Waals surface area contributed by atoms with Gasteiger partial charge in [0.1, 0.15) is 15.1 Å². The van der Waals surface area contributed by atoms with Crippen LogP contribution in [0.15, 0.2) is 11.0 Å². The first-order chi connectivity index (χ1) is 10.8. The summed E-state index contributed by atoms with van der Waals surface area (Å²) in [5, 5.41) is 4.45. The topological polar surface area (TPSA) is 76.9 Å². The van der Waals surface area contributed by atoms with Gasteiger partial charge in [-0.05, 0) is 18.9 Å². The van der Waals surface area contributed by atoms with Crippen LogP contribution in [0.3, 0.4) is 0 Å². The predicted molar refractivity (Wildman–Crippen MR) is 90.7 cm³/mol. The lowest BCUT2D eigenvalue weighted by molar-refractivity contribution is 0.399. The van der Waals surface area contributed by atoms with Gasteiger partial charge in [-0.15, -0.1) is 11.3 Å². The van der Waals surface area contributed by atoms with Gasteiger partial charge in [-0.2, -0.15) is 5.10 Å². The van der Waals surface area contributed by atoms with E-state index in [1.54, 1.807) is 4.68 Å². The van der Waals surface area contributed by atoms with Gasteiger partial charge in [0.05, 0.1) is 10.4 Å². The third-order valence-corrected chi connectivity index (χ3v) is 6.84. The summed E-state index contributed by atoms with van der Waals surface area (Å²) in [5.41, 5.74) is 0. The molecule has 3 rings (SSSR count). The standard InChI is InChI=1S/C13H16Cl2N4O2S2/c1-7(2)12-16-13-8(4-3-5-19(13)17-12)18-23(20,21)9-6-10(14)22-11(9)15/h6-8,18H,3-5H2,1-2H3/t8-/m0/s1. The summed E-state index contributed by atoms with van der Waals surface area (Å²) in [6, 6.07) is 0.952. The summed E-state index contributed by atoms with van der Waals surface area (Å²) in [7, 11) is -3.76. The Morgan fingerprint density at radius 2 is 2.17 bits per heavy atom. The molecule has 0 fully saturated rings. The van der Waals surface area contributed by atoms with Crippen molar-refractivity contribution >= 4 is 44.6 Å². The quantitative estimate of drug-likeness (QED) is 0.859. The fraction of sp³-hybridized carbons (Fsp3) is 0.538. The third-order valence-electron chi connectivity index (χ3n) is 3.62. The Labute approximate surface area is 148 Å². The molecule has 0 amide bonds. The maximum absolute atomic E-state index is 12.6. The van der Waals surface area contributed by atoms with E-state index in [2.05, 4.69) is 14.8 Å². The second-order valence-corrected chi connectivity index (χ2v) is 9.68. The molecule has 126 valence electrons. The summed E-state index contributed by atoms with van der Waals surface area (Å²) in [4.78, 5) is 4.51. The molecule has 10 heteroatoms. The number of fused-ring (bicyclic) bond motifs is 1. The van der Waals surface area contributed by atoms with Gasteiger partial charge in [0.2, 0.25) is 10.0 Å². The molecule has 2 aromatic heterocycles. The highest BCUT2D eigenvalue weighted by atomic mass is 35.5. The molecule has 1 N–H and O–H groups in total. The van der Waals surface area contributed by atoms with Gasteiger partial charge >= 0.3 is 0 Å². The lowest BCUT2D eigenvalue weighted by atomic mass is 10.1. The van der Waals surface area contributed by atoms with Gasteiger partial charge in [-0.1, -0.05) is 37.0 Å². The van der Waals surface area contributed by atoms with Crippen LogP contribution in [0.1, 0.15) is 50.3 Å². The lowest BCUT2D eigenvalue weighted by Crippen LogP contribution is -2.33. The van der Waals surface area contributed by atoms with Crippen LogP contribution in [-0.4, -0.2) is 23.2 Å². The first-order valence-electron chi connectivity index (χ1n) is 7.19. The van der Waals surface area contributed by atoms with Crippen LogP contribution in [0, 0.1) is 0 Å². The molecule has 0 radical (unpaired) electrons. The molecular formula is C13H16Cl2N4O2S2. The SMILES string of the molecule is CC(C)c1nc2n(n1)CCC[C@@H]2NS(=O)(=O)c1cc(Cl)sc1Cl. The number of aromatic nitrogens is 3. The Kier molecular flexibility index (Phi) is 4.72. The highest BCUT2D eigenvalue weighted by molar-refractivity contribution is 7.89. The van der Waals surface area contributed by atoms with E-state index in [0.717, 1.165) is 30.1 Å². The van der Waals surface area contributed by atoms with Gasteiger partial charge < -0.3 is 0 Å². The Morgan fingerprint density at radius 3 is 2.78 bits per heavy atom. The first kappa shape index (κ1) is 17.2. The molecule has 1 aliphatic heterocycles. The Hall–Kier alpha value is -0.670. The fourth-order valence-electron chi connectivity index (χ4n) is 2.48. The second-order valence-electron chi connectivity index (χ2n) is 5.71. The van der Waals surface area contributed by atoms with Crippen molar-refractivity contribution in [2.75, 3.05) is 0 Å². The number of hydrogen-bond donors (Lipinski definition) is 1. The summed E-state index contributed by atoms with van der Waals surface area (Å²) >= 11 is 12.9. The number of hydrogen-bond acceptors (Lipinski definition) is 5. The van der Waals surface area contributed by atoms with Crippen LogP contribution in [0.5, 0.6) is 0 Å². The minimum Gasteiger partial charge on any atom is -0.248 e. The maximum Gasteiger partial charge on any atom is 0.243 e. The number of aryl methyl sites for hydroxylation is 1. The lowest BCUT2D eigenvalue weighted by Gasteiger charge is -2.22. The van der Waals surface area contributed by atoms with Crippen molar-refractivity contribution in [1.29, 1.82) is 0 Å². The third kappa shape index (κ3) is 3.41. The maximum atomic E-state index is 12.6. The van der Waals surface area contributed by atoms with Crippen molar-refractivity contribution in [2.24, 2.45) is 0 Å². The molecule has 0 saturated carbocycles. The number of sulfonamides is 1. The molecule has 23 heavy (non-hydrogen) atoms. The van der Waals surface area contributed by atoms with Crippen molar-refractivity contribution in [3.8, 4) is 0 Å². The largest absolute Gasteiger partial charge is 0.248 e. The predicted octanol–water partition coefficient (Wildman–Crippen LogP) is 3.58. The van der Waals surface area contributed by atoms with Crippen LogP contribution in [0.25, 0.3) is 0 Å². The number of rotatable bonds is 4. The van der Waals surface area contributed by atoms with Crippen LogP contribution in [0.2, 0.25) is 8.67 Å². The summed E-state index contributed by atoms with van der Waals surface area (Å²) in [6.07, 6.45) is 1.50. The average Bonchev–Trinajstić information content (AvgIpc) is 3.02. The van der Waals surface area contributed by atoms with Crippen molar-refractivity contribution in [3.05, 3.63) is 26.4 Å². The molecule has 0 spiro atoms. The van der Waals surface area contributed by atoms with E-state index in [9.17, 15) is 8.42 Å². The number of nitrogens with zero attached hydrogens (tertiary/aromatic N) is 3. The highest BCUT2D eigenvalue weighted by Gasteiger charge is 2.31. The van der Waals surface area contributed by atoms with Crippen LogP contribution in [0.4, 0.5) is 0 Å². The smallest absolute Gasteiger partial charge is 0.243 e. The van der Waals surface area contributed by atoms with E-state index >= 15 is 0 Å². The van der Waals surface area contributed by atoms with Gasteiger partial charge in [-0.25, -0.2) is 22.8 Å². The molecule has 0 bridgehead atoms.